The van der Waals surface area contributed by atoms with Gasteiger partial charge in [0.2, 0.25) is 0 Å². The van der Waals surface area contributed by atoms with E-state index in [1.165, 1.54) is 16.2 Å². The van der Waals surface area contributed by atoms with Crippen LogP contribution in [-0.2, 0) is 9.59 Å². The zero-order valence-electron chi connectivity index (χ0n) is 19.4. The minimum Gasteiger partial charge on any atom is -0.507 e. The Morgan fingerprint density at radius 2 is 1.89 bits per heavy atom. The third-order valence-electron chi connectivity index (χ3n) is 5.82. The van der Waals surface area contributed by atoms with Crippen LogP contribution in [0.2, 0.25) is 0 Å². The zero-order valence-corrected chi connectivity index (χ0v) is 21.8. The molecule has 3 aromatic carbocycles. The molecule has 9 heteroatoms. The number of methoxy groups -OCH3 is 1. The molecule has 5 rings (SSSR count). The van der Waals surface area contributed by atoms with E-state index < -0.39 is 17.7 Å². The fraction of sp³-hybridized carbons (Fsp3) is 0.148. The van der Waals surface area contributed by atoms with Crippen LogP contribution in [0.4, 0.5) is 5.13 Å². The fourth-order valence-electron chi connectivity index (χ4n) is 4.20. The van der Waals surface area contributed by atoms with Crippen molar-refractivity contribution in [3.05, 3.63) is 87.9 Å². The van der Waals surface area contributed by atoms with Crippen molar-refractivity contribution in [3.8, 4) is 11.5 Å². The Morgan fingerprint density at radius 3 is 2.64 bits per heavy atom. The summed E-state index contributed by atoms with van der Waals surface area (Å²) in [5.41, 5.74) is 1.70. The summed E-state index contributed by atoms with van der Waals surface area (Å²) in [5, 5.41) is 11.7. The van der Waals surface area contributed by atoms with E-state index in [1.54, 1.807) is 43.5 Å². The van der Waals surface area contributed by atoms with Crippen molar-refractivity contribution in [3.63, 3.8) is 0 Å². The maximum atomic E-state index is 13.4. The topological polar surface area (TPSA) is 89.0 Å². The number of thiazole rings is 1. The number of rotatable bonds is 6. The summed E-state index contributed by atoms with van der Waals surface area (Å²) in [6.45, 7) is 2.31. The van der Waals surface area contributed by atoms with Crippen LogP contribution in [0.25, 0.3) is 16.0 Å². The van der Waals surface area contributed by atoms with Crippen molar-refractivity contribution in [2.24, 2.45) is 0 Å². The zero-order chi connectivity index (χ0) is 25.4. The molecule has 1 aromatic heterocycles. The van der Waals surface area contributed by atoms with Crippen molar-refractivity contribution in [2.75, 3.05) is 18.6 Å². The van der Waals surface area contributed by atoms with E-state index in [-0.39, 0.29) is 11.3 Å². The minimum absolute atomic E-state index is 0.0106. The van der Waals surface area contributed by atoms with E-state index in [9.17, 15) is 14.7 Å². The molecule has 1 fully saturated rings. The molecule has 1 atom stereocenters. The number of fused-ring (bicyclic) bond motifs is 1. The van der Waals surface area contributed by atoms with Gasteiger partial charge in [-0.05, 0) is 55.0 Å². The van der Waals surface area contributed by atoms with Crippen molar-refractivity contribution in [1.29, 1.82) is 0 Å². The molecule has 2 heterocycles. The molecule has 0 saturated carbocycles. The average Bonchev–Trinajstić information content (AvgIpc) is 3.41. The lowest BCUT2D eigenvalue weighted by Gasteiger charge is -2.23. The van der Waals surface area contributed by atoms with E-state index in [0.29, 0.717) is 39.9 Å². The highest BCUT2D eigenvalue weighted by atomic mass is 79.9. The van der Waals surface area contributed by atoms with Crippen LogP contribution >= 0.6 is 27.3 Å². The normalized spacial score (nSPS) is 17.1. The Balaban J connectivity index is 1.70. The lowest BCUT2D eigenvalue weighted by molar-refractivity contribution is -0.132. The number of ether oxygens (including phenoxy) is 2. The molecule has 1 saturated heterocycles. The van der Waals surface area contributed by atoms with Gasteiger partial charge in [-0.1, -0.05) is 51.5 Å². The van der Waals surface area contributed by atoms with Gasteiger partial charge in [0, 0.05) is 10.0 Å². The minimum atomic E-state index is -0.874. The van der Waals surface area contributed by atoms with Gasteiger partial charge in [-0.25, -0.2) is 4.98 Å². The molecule has 7 nitrogen and oxygen atoms in total. The highest BCUT2D eigenvalue weighted by Gasteiger charge is 2.48. The maximum Gasteiger partial charge on any atom is 0.301 e. The number of carbonyl (C=O) groups is 2. The number of halogens is 1. The largest absolute Gasteiger partial charge is 0.507 e. The van der Waals surface area contributed by atoms with E-state index in [4.69, 9.17) is 9.47 Å². The number of anilines is 1. The molecule has 0 aliphatic carbocycles. The summed E-state index contributed by atoms with van der Waals surface area (Å²) in [7, 11) is 1.58. The number of ketones is 1. The van der Waals surface area contributed by atoms with Gasteiger partial charge < -0.3 is 14.6 Å². The molecule has 182 valence electrons. The Morgan fingerprint density at radius 1 is 1.08 bits per heavy atom. The number of Topliss-reactive ketones (excluding diaryl/α,β-unsaturated/α-hetero) is 1. The monoisotopic (exact) mass is 564 g/mol. The Kier molecular flexibility index (Phi) is 6.51. The molecular formula is C27H21BrN2O5S. The van der Waals surface area contributed by atoms with Crippen LogP contribution in [0.15, 0.2) is 76.8 Å². The van der Waals surface area contributed by atoms with E-state index >= 15 is 0 Å². The highest BCUT2D eigenvalue weighted by molar-refractivity contribution is 9.10. The number of nitrogens with zero attached hydrogens (tertiary/aromatic N) is 2. The van der Waals surface area contributed by atoms with Crippen molar-refractivity contribution < 1.29 is 24.2 Å². The summed E-state index contributed by atoms with van der Waals surface area (Å²) in [6, 6.07) is 18.7. The van der Waals surface area contributed by atoms with Gasteiger partial charge in [-0.3, -0.25) is 14.5 Å². The van der Waals surface area contributed by atoms with Crippen LogP contribution in [0.5, 0.6) is 11.5 Å². The van der Waals surface area contributed by atoms with Gasteiger partial charge in [-0.2, -0.15) is 0 Å². The first-order valence-electron chi connectivity index (χ1n) is 11.2. The smallest absolute Gasteiger partial charge is 0.301 e. The molecule has 1 aliphatic rings. The standard InChI is InChI=1S/C27H21BrN2O5S/c1-3-35-19-9-5-7-16(13-19)24(31)22-23(15-6-4-8-17(28)12-15)30(26(33)25(22)32)27-29-20-11-10-18(34-2)14-21(20)36-27/h4-14,23,31H,3H2,1-2H3. The average molecular weight is 565 g/mol. The number of aliphatic hydroxyl groups is 1. The first-order chi connectivity index (χ1) is 17.4. The van der Waals surface area contributed by atoms with Crippen LogP contribution in [-0.4, -0.2) is 35.5 Å². The van der Waals surface area contributed by atoms with Gasteiger partial charge in [0.25, 0.3) is 5.78 Å². The van der Waals surface area contributed by atoms with Crippen molar-refractivity contribution >= 4 is 60.1 Å². The lowest BCUT2D eigenvalue weighted by Crippen LogP contribution is -2.29. The summed E-state index contributed by atoms with van der Waals surface area (Å²) < 4.78 is 12.5. The highest BCUT2D eigenvalue weighted by Crippen LogP contribution is 2.45. The van der Waals surface area contributed by atoms with Gasteiger partial charge >= 0.3 is 5.91 Å². The van der Waals surface area contributed by atoms with E-state index in [2.05, 4.69) is 20.9 Å². The van der Waals surface area contributed by atoms with Gasteiger partial charge in [0.1, 0.15) is 17.3 Å². The Bertz CT molecular complexity index is 1530. The molecule has 1 unspecified atom stereocenters. The Labute approximate surface area is 219 Å². The number of amides is 1. The maximum absolute atomic E-state index is 13.4. The number of carbonyl (C=O) groups excluding carboxylic acids is 2. The molecular weight excluding hydrogens is 544 g/mol. The van der Waals surface area contributed by atoms with Crippen LogP contribution in [0.3, 0.4) is 0 Å². The summed E-state index contributed by atoms with van der Waals surface area (Å²) >= 11 is 4.75. The predicted octanol–water partition coefficient (Wildman–Crippen LogP) is 6.09. The molecule has 4 aromatic rings. The third kappa shape index (κ3) is 4.25. The van der Waals surface area contributed by atoms with Gasteiger partial charge in [-0.15, -0.1) is 0 Å². The molecule has 0 radical (unpaired) electrons. The third-order valence-corrected chi connectivity index (χ3v) is 7.33. The molecule has 36 heavy (non-hydrogen) atoms. The van der Waals surface area contributed by atoms with Crippen LogP contribution in [0.1, 0.15) is 24.1 Å². The number of hydrogen-bond acceptors (Lipinski definition) is 7. The van der Waals surface area contributed by atoms with Crippen LogP contribution in [0, 0.1) is 0 Å². The first kappa shape index (κ1) is 24.0. The Hall–Kier alpha value is -3.69. The lowest BCUT2D eigenvalue weighted by atomic mass is 9.95. The van der Waals surface area contributed by atoms with Crippen LogP contribution < -0.4 is 14.4 Å². The molecule has 1 amide bonds. The molecule has 0 spiro atoms. The molecule has 1 aliphatic heterocycles. The summed E-state index contributed by atoms with van der Waals surface area (Å²) in [5.74, 6) is -0.595. The van der Waals surface area contributed by atoms with Crippen molar-refractivity contribution in [1.82, 2.24) is 4.98 Å². The van der Waals surface area contributed by atoms with Gasteiger partial charge in [0.05, 0.1) is 35.5 Å². The quantitative estimate of drug-likeness (QED) is 0.173. The molecule has 0 bridgehead atoms. The molecule has 1 N–H and O–H groups in total. The predicted molar refractivity (Wildman–Crippen MR) is 143 cm³/mol. The first-order valence-corrected chi connectivity index (χ1v) is 12.8. The van der Waals surface area contributed by atoms with Crippen molar-refractivity contribution in [2.45, 2.75) is 13.0 Å². The number of aliphatic hydroxyl groups excluding tert-OH is 1. The second-order valence-corrected chi connectivity index (χ2v) is 9.94. The summed E-state index contributed by atoms with van der Waals surface area (Å²) in [6.07, 6.45) is 0. The SMILES string of the molecule is CCOc1cccc(C(O)=C2C(=O)C(=O)N(c3nc4ccc(OC)cc4s3)C2c2cccc(Br)c2)c1. The fourth-order valence-corrected chi connectivity index (χ4v) is 5.64. The number of hydrogen-bond donors (Lipinski definition) is 1. The van der Waals surface area contributed by atoms with E-state index in [0.717, 1.165) is 9.17 Å². The second-order valence-electron chi connectivity index (χ2n) is 8.02. The number of aromatic nitrogens is 1. The van der Waals surface area contributed by atoms with Gasteiger partial charge in [0.15, 0.2) is 5.13 Å². The van der Waals surface area contributed by atoms with E-state index in [1.807, 2.05) is 37.3 Å². The summed E-state index contributed by atoms with van der Waals surface area (Å²) in [4.78, 5) is 32.8. The number of benzene rings is 3. The second kappa shape index (κ2) is 9.75.